The molecule has 0 bridgehead atoms. The second kappa shape index (κ2) is 11.3. The van der Waals surface area contributed by atoms with Gasteiger partial charge in [-0.1, -0.05) is 32.6 Å². The Morgan fingerprint density at radius 1 is 1.28 bits per heavy atom. The van der Waals surface area contributed by atoms with E-state index in [1.807, 2.05) is 0 Å². The molecule has 5 heteroatoms. The van der Waals surface area contributed by atoms with Crippen LogP contribution in [0.4, 0.5) is 0 Å². The molecule has 2 atom stereocenters. The van der Waals surface area contributed by atoms with Crippen molar-refractivity contribution in [3.63, 3.8) is 0 Å². The van der Waals surface area contributed by atoms with Gasteiger partial charge in [-0.15, -0.1) is 0 Å². The maximum atomic E-state index is 11.6. The molecule has 0 saturated heterocycles. The standard InChI is InChI=1S/C13H23O5/c1-2-3-4-5-6-7-12(17)13(9-15)18-10-11(16)8-14/h11,13-14,16H,2-8,10H2,1H3. The van der Waals surface area contributed by atoms with Crippen molar-refractivity contribution in [1.82, 2.24) is 0 Å². The number of aliphatic hydroxyl groups excluding tert-OH is 2. The number of aliphatic hydroxyl groups is 2. The minimum Gasteiger partial charge on any atom is -0.394 e. The summed E-state index contributed by atoms with van der Waals surface area (Å²) in [5, 5.41) is 17.6. The first-order chi connectivity index (χ1) is 8.65. The summed E-state index contributed by atoms with van der Waals surface area (Å²) in [6.45, 7) is 1.41. The van der Waals surface area contributed by atoms with Gasteiger partial charge in [0.15, 0.2) is 11.9 Å². The smallest absolute Gasteiger partial charge is 0.237 e. The van der Waals surface area contributed by atoms with E-state index in [1.165, 1.54) is 6.29 Å². The molecule has 0 aliphatic heterocycles. The van der Waals surface area contributed by atoms with E-state index in [-0.39, 0.29) is 12.4 Å². The van der Waals surface area contributed by atoms with Crippen LogP contribution in [0.1, 0.15) is 45.4 Å². The molecule has 0 aromatic rings. The fraction of sp³-hybridized carbons (Fsp3) is 0.846. The molecule has 0 aliphatic carbocycles. The van der Waals surface area contributed by atoms with Gasteiger partial charge in [0.05, 0.1) is 13.2 Å². The van der Waals surface area contributed by atoms with Gasteiger partial charge in [0.25, 0.3) is 0 Å². The van der Waals surface area contributed by atoms with Crippen molar-refractivity contribution < 1.29 is 24.5 Å². The molecule has 1 radical (unpaired) electrons. The van der Waals surface area contributed by atoms with E-state index in [9.17, 15) is 9.59 Å². The molecule has 0 aromatic heterocycles. The van der Waals surface area contributed by atoms with Gasteiger partial charge in [-0.2, -0.15) is 0 Å². The van der Waals surface area contributed by atoms with E-state index in [4.69, 9.17) is 14.9 Å². The Balaban J connectivity index is 3.78. The lowest BCUT2D eigenvalue weighted by Gasteiger charge is -2.12. The highest BCUT2D eigenvalue weighted by Gasteiger charge is 2.19. The Labute approximate surface area is 108 Å². The number of hydrogen-bond donors (Lipinski definition) is 2. The summed E-state index contributed by atoms with van der Waals surface area (Å²) in [6, 6.07) is 0. The topological polar surface area (TPSA) is 83.8 Å². The van der Waals surface area contributed by atoms with Crippen molar-refractivity contribution in [2.75, 3.05) is 13.2 Å². The third kappa shape index (κ3) is 8.33. The summed E-state index contributed by atoms with van der Waals surface area (Å²) in [7, 11) is 0. The Morgan fingerprint density at radius 3 is 2.50 bits per heavy atom. The number of ether oxygens (including phenoxy) is 1. The molecule has 2 unspecified atom stereocenters. The summed E-state index contributed by atoms with van der Waals surface area (Å²) in [6.07, 6.45) is 4.58. The van der Waals surface area contributed by atoms with Crippen molar-refractivity contribution in [2.24, 2.45) is 0 Å². The van der Waals surface area contributed by atoms with Crippen LogP contribution in [0.15, 0.2) is 0 Å². The van der Waals surface area contributed by atoms with E-state index >= 15 is 0 Å². The first-order valence-electron chi connectivity index (χ1n) is 6.46. The number of hydrogen-bond acceptors (Lipinski definition) is 5. The molecule has 0 amide bonds. The van der Waals surface area contributed by atoms with Crippen LogP contribution in [0.5, 0.6) is 0 Å². The van der Waals surface area contributed by atoms with Crippen LogP contribution in [0.25, 0.3) is 0 Å². The summed E-state index contributed by atoms with van der Waals surface area (Å²) in [5.74, 6) is -0.313. The van der Waals surface area contributed by atoms with Crippen LogP contribution in [0.3, 0.4) is 0 Å². The monoisotopic (exact) mass is 259 g/mol. The molecule has 0 saturated carbocycles. The minimum absolute atomic E-state index is 0.238. The molecule has 18 heavy (non-hydrogen) atoms. The van der Waals surface area contributed by atoms with Crippen molar-refractivity contribution >= 4 is 12.1 Å². The summed E-state index contributed by atoms with van der Waals surface area (Å²) in [5.41, 5.74) is 0. The van der Waals surface area contributed by atoms with Gasteiger partial charge in [-0.25, -0.2) is 0 Å². The quantitative estimate of drug-likeness (QED) is 0.399. The average molecular weight is 259 g/mol. The zero-order valence-corrected chi connectivity index (χ0v) is 10.9. The summed E-state index contributed by atoms with van der Waals surface area (Å²) >= 11 is 0. The molecular formula is C13H23O5. The van der Waals surface area contributed by atoms with Gasteiger partial charge >= 0.3 is 0 Å². The average Bonchev–Trinajstić information content (AvgIpc) is 2.38. The highest BCUT2D eigenvalue weighted by Crippen LogP contribution is 2.07. The first kappa shape index (κ1) is 17.2. The molecular weight excluding hydrogens is 236 g/mol. The molecule has 0 fully saturated rings. The summed E-state index contributed by atoms with van der Waals surface area (Å²) < 4.78 is 4.90. The predicted molar refractivity (Wildman–Crippen MR) is 66.9 cm³/mol. The maximum Gasteiger partial charge on any atom is 0.237 e. The number of unbranched alkanes of at least 4 members (excludes halogenated alkanes) is 4. The van der Waals surface area contributed by atoms with Crippen LogP contribution in [-0.4, -0.2) is 47.7 Å². The van der Waals surface area contributed by atoms with E-state index in [0.29, 0.717) is 6.42 Å². The van der Waals surface area contributed by atoms with E-state index in [1.54, 1.807) is 0 Å². The zero-order valence-electron chi connectivity index (χ0n) is 10.9. The molecule has 2 N–H and O–H groups in total. The van der Waals surface area contributed by atoms with Crippen LogP contribution in [0.2, 0.25) is 0 Å². The third-order valence-corrected chi connectivity index (χ3v) is 2.59. The Morgan fingerprint density at radius 2 is 1.94 bits per heavy atom. The Bertz CT molecular complexity index is 229. The fourth-order valence-corrected chi connectivity index (χ4v) is 1.49. The molecule has 0 aliphatic rings. The van der Waals surface area contributed by atoms with Crippen molar-refractivity contribution in [3.8, 4) is 0 Å². The number of rotatable bonds is 12. The lowest BCUT2D eigenvalue weighted by Crippen LogP contribution is -2.30. The lowest BCUT2D eigenvalue weighted by molar-refractivity contribution is -0.128. The number of carbonyl (C=O) groups excluding carboxylic acids is 2. The molecule has 0 heterocycles. The number of ketones is 1. The molecule has 0 aromatic carbocycles. The largest absolute Gasteiger partial charge is 0.394 e. The maximum absolute atomic E-state index is 11.6. The van der Waals surface area contributed by atoms with Gasteiger partial charge in [0.2, 0.25) is 6.29 Å². The minimum atomic E-state index is -1.24. The van der Waals surface area contributed by atoms with Crippen molar-refractivity contribution in [2.45, 2.75) is 57.7 Å². The van der Waals surface area contributed by atoms with Crippen molar-refractivity contribution in [3.05, 3.63) is 0 Å². The summed E-state index contributed by atoms with van der Waals surface area (Å²) in [4.78, 5) is 22.1. The number of Topliss-reactive ketones (excluding diaryl/α,β-unsaturated/α-hetero) is 1. The Kier molecular flexibility index (Phi) is 10.8. The van der Waals surface area contributed by atoms with Crippen LogP contribution >= 0.6 is 0 Å². The third-order valence-electron chi connectivity index (χ3n) is 2.59. The van der Waals surface area contributed by atoms with Crippen LogP contribution in [0, 0.1) is 0 Å². The van der Waals surface area contributed by atoms with Gasteiger partial charge in [-0.3, -0.25) is 9.59 Å². The van der Waals surface area contributed by atoms with E-state index in [2.05, 4.69) is 6.92 Å². The van der Waals surface area contributed by atoms with Gasteiger partial charge in [0, 0.05) is 6.42 Å². The first-order valence-corrected chi connectivity index (χ1v) is 6.46. The molecule has 105 valence electrons. The Hall–Kier alpha value is -0.780. The van der Waals surface area contributed by atoms with Crippen LogP contribution in [-0.2, 0) is 14.3 Å². The zero-order chi connectivity index (χ0) is 13.8. The van der Waals surface area contributed by atoms with Crippen LogP contribution < -0.4 is 0 Å². The van der Waals surface area contributed by atoms with E-state index in [0.717, 1.165) is 32.1 Å². The van der Waals surface area contributed by atoms with Gasteiger partial charge in [-0.05, 0) is 6.42 Å². The second-order valence-corrected chi connectivity index (χ2v) is 4.30. The lowest BCUT2D eigenvalue weighted by atomic mass is 10.1. The molecule has 5 nitrogen and oxygen atoms in total. The predicted octanol–water partition coefficient (Wildman–Crippen LogP) is 0.764. The SMILES string of the molecule is CCCCCCCC(=O)C([C]=O)OCC(O)CO. The fourth-order valence-electron chi connectivity index (χ4n) is 1.49. The second-order valence-electron chi connectivity index (χ2n) is 4.30. The highest BCUT2D eigenvalue weighted by molar-refractivity contribution is 5.96. The molecule has 0 rings (SSSR count). The highest BCUT2D eigenvalue weighted by atomic mass is 16.5. The van der Waals surface area contributed by atoms with E-state index < -0.39 is 18.8 Å². The normalized spacial score (nSPS) is 14.2. The van der Waals surface area contributed by atoms with Crippen molar-refractivity contribution in [1.29, 1.82) is 0 Å². The molecule has 0 spiro atoms. The number of carbonyl (C=O) groups is 1. The van der Waals surface area contributed by atoms with Gasteiger partial charge in [0.1, 0.15) is 6.10 Å². The van der Waals surface area contributed by atoms with Gasteiger partial charge < -0.3 is 14.9 Å².